The van der Waals surface area contributed by atoms with Gasteiger partial charge in [0.1, 0.15) is 13.7 Å². The maximum atomic E-state index is 5.61. The van der Waals surface area contributed by atoms with Crippen molar-refractivity contribution in [3.63, 3.8) is 0 Å². The van der Waals surface area contributed by atoms with E-state index >= 15 is 0 Å². The largest absolute Gasteiger partial charge is 0.399 e. The van der Waals surface area contributed by atoms with Crippen LogP contribution in [-0.2, 0) is 16.3 Å². The lowest BCUT2D eigenvalue weighted by atomic mass is 10.00. The van der Waals surface area contributed by atoms with Crippen molar-refractivity contribution in [1.82, 2.24) is 0 Å². The second-order valence-electron chi connectivity index (χ2n) is 5.60. The van der Waals surface area contributed by atoms with E-state index in [2.05, 4.69) is 16.2 Å². The van der Waals surface area contributed by atoms with E-state index in [1.807, 2.05) is 63.2 Å². The van der Waals surface area contributed by atoms with Gasteiger partial charge >= 0.3 is 0 Å². The van der Waals surface area contributed by atoms with Gasteiger partial charge in [0.15, 0.2) is 0 Å². The molecule has 2 aromatic rings. The lowest BCUT2D eigenvalue weighted by Gasteiger charge is -2.11. The molecule has 0 aliphatic rings. The summed E-state index contributed by atoms with van der Waals surface area (Å²) in [7, 11) is 1.53. The summed E-state index contributed by atoms with van der Waals surface area (Å²) in [6, 6.07) is 13.7. The Bertz CT molecular complexity index is 845. The van der Waals surface area contributed by atoms with Gasteiger partial charge in [-0.1, -0.05) is 52.6 Å². The highest BCUT2D eigenvalue weighted by Crippen LogP contribution is 2.17. The van der Waals surface area contributed by atoms with Gasteiger partial charge in [0, 0.05) is 22.3 Å². The molecule has 0 fully saturated rings. The Hall–Kier alpha value is -3.06. The average molecular weight is 334 g/mol. The Labute approximate surface area is 149 Å². The molecule has 4 nitrogen and oxygen atoms in total. The van der Waals surface area contributed by atoms with Gasteiger partial charge in [0.2, 0.25) is 0 Å². The van der Waals surface area contributed by atoms with Gasteiger partial charge in [-0.25, -0.2) is 0 Å². The summed E-state index contributed by atoms with van der Waals surface area (Å²) in [4.78, 5) is 10.5. The number of oxime groups is 2. The Kier molecular flexibility index (Phi) is 6.36. The molecule has 0 amide bonds. The van der Waals surface area contributed by atoms with Crippen LogP contribution in [0, 0.1) is 19.3 Å². The molecule has 4 heteroatoms. The van der Waals surface area contributed by atoms with Crippen LogP contribution >= 0.6 is 0 Å². The van der Waals surface area contributed by atoms with Crippen LogP contribution in [-0.4, -0.2) is 18.5 Å². The second kappa shape index (κ2) is 8.70. The Morgan fingerprint density at radius 1 is 1.00 bits per heavy atom. The number of hydrogen-bond acceptors (Lipinski definition) is 4. The van der Waals surface area contributed by atoms with Crippen molar-refractivity contribution in [2.75, 3.05) is 7.11 Å². The number of aryl methyl sites for hydroxylation is 1. The maximum Gasteiger partial charge on any atom is 0.143 e. The van der Waals surface area contributed by atoms with Gasteiger partial charge in [-0.15, -0.1) is 6.42 Å². The molecule has 0 unspecified atom stereocenters. The number of benzene rings is 2. The fraction of sp³-hybridized carbons (Fsp3) is 0.238. The second-order valence-corrected chi connectivity index (χ2v) is 5.60. The zero-order valence-electron chi connectivity index (χ0n) is 15.0. The highest BCUT2D eigenvalue weighted by molar-refractivity contribution is 6.01. The highest BCUT2D eigenvalue weighted by Gasteiger charge is 2.10. The first-order valence-corrected chi connectivity index (χ1v) is 7.97. The van der Waals surface area contributed by atoms with Crippen LogP contribution in [0.15, 0.2) is 52.8 Å². The molecule has 2 rings (SSSR count). The average Bonchev–Trinajstić information content (AvgIpc) is 2.62. The zero-order valence-corrected chi connectivity index (χ0v) is 15.0. The van der Waals surface area contributed by atoms with Gasteiger partial charge in [-0.2, -0.15) is 0 Å². The lowest BCUT2D eigenvalue weighted by molar-refractivity contribution is 0.130. The van der Waals surface area contributed by atoms with Crippen LogP contribution in [0.5, 0.6) is 0 Å². The van der Waals surface area contributed by atoms with Crippen molar-refractivity contribution in [1.29, 1.82) is 0 Å². The first-order valence-electron chi connectivity index (χ1n) is 7.97. The molecule has 0 saturated heterocycles. The Morgan fingerprint density at radius 2 is 1.68 bits per heavy atom. The van der Waals surface area contributed by atoms with E-state index in [9.17, 15) is 0 Å². The number of nitrogens with zero attached hydrogens (tertiary/aromatic N) is 2. The van der Waals surface area contributed by atoms with Crippen LogP contribution in [0.2, 0.25) is 0 Å². The molecule has 0 bridgehead atoms. The number of hydrogen-bond donors (Lipinski definition) is 0. The van der Waals surface area contributed by atoms with Gasteiger partial charge in [0.25, 0.3) is 0 Å². The van der Waals surface area contributed by atoms with E-state index in [1.165, 1.54) is 7.11 Å². The topological polar surface area (TPSA) is 43.2 Å². The minimum absolute atomic E-state index is 0.341. The van der Waals surface area contributed by atoms with E-state index in [0.717, 1.165) is 39.2 Å². The molecule has 128 valence electrons. The first-order chi connectivity index (χ1) is 12.1. The predicted molar refractivity (Wildman–Crippen MR) is 102 cm³/mol. The summed E-state index contributed by atoms with van der Waals surface area (Å²) in [6.45, 7) is 6.16. The van der Waals surface area contributed by atoms with Crippen LogP contribution in [0.25, 0.3) is 0 Å². The highest BCUT2D eigenvalue weighted by atomic mass is 16.6. The normalized spacial score (nSPS) is 11.8. The van der Waals surface area contributed by atoms with Crippen LogP contribution in [0.3, 0.4) is 0 Å². The molecule has 0 radical (unpaired) electrons. The third-order valence-corrected chi connectivity index (χ3v) is 3.91. The summed E-state index contributed by atoms with van der Waals surface area (Å²) in [5, 5.41) is 8.25. The fourth-order valence-electron chi connectivity index (χ4n) is 2.59. The standard InChI is InChI=1S/C21H22N2O2/c1-6-18-11-7-8-12-19(18)16(3)23-25-14-21-15(2)10-9-13-20(21)17(4)22-24-5/h1,7-13H,14H2,2-5H3/b22-17-,23-16+. The number of rotatable bonds is 6. The van der Waals surface area contributed by atoms with E-state index < -0.39 is 0 Å². The molecule has 0 heterocycles. The summed E-state index contributed by atoms with van der Waals surface area (Å²) in [5.74, 6) is 2.67. The lowest BCUT2D eigenvalue weighted by Crippen LogP contribution is -2.05. The van der Waals surface area contributed by atoms with Crippen molar-refractivity contribution >= 4 is 11.4 Å². The molecule has 0 aliphatic heterocycles. The monoisotopic (exact) mass is 334 g/mol. The molecule has 2 aromatic carbocycles. The SMILES string of the molecule is C#Cc1ccccc1/C(C)=N/OCc1c(C)cccc1/C(C)=N\OC. The van der Waals surface area contributed by atoms with E-state index in [4.69, 9.17) is 16.1 Å². The molecule has 25 heavy (non-hydrogen) atoms. The van der Waals surface area contributed by atoms with Crippen LogP contribution < -0.4 is 0 Å². The van der Waals surface area contributed by atoms with Gasteiger partial charge in [-0.05, 0) is 32.4 Å². The fourth-order valence-corrected chi connectivity index (χ4v) is 2.59. The molecule has 0 atom stereocenters. The minimum Gasteiger partial charge on any atom is -0.399 e. The van der Waals surface area contributed by atoms with E-state index in [0.29, 0.717) is 6.61 Å². The van der Waals surface area contributed by atoms with Crippen LogP contribution in [0.4, 0.5) is 0 Å². The molecular weight excluding hydrogens is 312 g/mol. The Balaban J connectivity index is 2.22. The van der Waals surface area contributed by atoms with Crippen LogP contribution in [0.1, 0.15) is 41.7 Å². The maximum absolute atomic E-state index is 5.61. The molecular formula is C21H22N2O2. The van der Waals surface area contributed by atoms with Crippen molar-refractivity contribution in [2.24, 2.45) is 10.3 Å². The van der Waals surface area contributed by atoms with Gasteiger partial charge < -0.3 is 9.68 Å². The summed E-state index contributed by atoms with van der Waals surface area (Å²) < 4.78 is 0. The quantitative estimate of drug-likeness (QED) is 0.449. The molecule has 0 aromatic heterocycles. The van der Waals surface area contributed by atoms with E-state index in [-0.39, 0.29) is 0 Å². The molecule has 0 aliphatic carbocycles. The zero-order chi connectivity index (χ0) is 18.2. The summed E-state index contributed by atoms with van der Waals surface area (Å²) >= 11 is 0. The third kappa shape index (κ3) is 4.48. The molecule has 0 saturated carbocycles. The predicted octanol–water partition coefficient (Wildman–Crippen LogP) is 4.29. The molecule has 0 N–H and O–H groups in total. The van der Waals surface area contributed by atoms with Crippen molar-refractivity contribution < 1.29 is 9.68 Å². The van der Waals surface area contributed by atoms with Crippen molar-refractivity contribution in [3.8, 4) is 12.3 Å². The first kappa shape index (κ1) is 18.3. The van der Waals surface area contributed by atoms with Crippen molar-refractivity contribution in [3.05, 3.63) is 70.3 Å². The van der Waals surface area contributed by atoms with Gasteiger partial charge in [0.05, 0.1) is 11.4 Å². The Morgan fingerprint density at radius 3 is 2.40 bits per heavy atom. The minimum atomic E-state index is 0.341. The molecule has 0 spiro atoms. The summed E-state index contributed by atoms with van der Waals surface area (Å²) in [6.07, 6.45) is 5.54. The van der Waals surface area contributed by atoms with Gasteiger partial charge in [-0.3, -0.25) is 0 Å². The van der Waals surface area contributed by atoms with Crippen molar-refractivity contribution in [2.45, 2.75) is 27.4 Å². The number of terminal acetylenes is 1. The smallest absolute Gasteiger partial charge is 0.143 e. The van der Waals surface area contributed by atoms with E-state index in [1.54, 1.807) is 0 Å². The summed E-state index contributed by atoms with van der Waals surface area (Å²) in [5.41, 5.74) is 6.36. The third-order valence-electron chi connectivity index (χ3n) is 3.91.